The Bertz CT molecular complexity index is 765. The lowest BCUT2D eigenvalue weighted by atomic mass is 10.2. The summed E-state index contributed by atoms with van der Waals surface area (Å²) in [6.45, 7) is 0. The fourth-order valence-electron chi connectivity index (χ4n) is 3.01. The summed E-state index contributed by atoms with van der Waals surface area (Å²) in [6.07, 6.45) is -0.780. The molecule has 0 spiro atoms. The van der Waals surface area contributed by atoms with E-state index in [1.54, 1.807) is 12.1 Å². The van der Waals surface area contributed by atoms with Gasteiger partial charge in [-0.1, -0.05) is 12.1 Å². The van der Waals surface area contributed by atoms with Crippen molar-refractivity contribution >= 4 is 28.9 Å². The van der Waals surface area contributed by atoms with E-state index in [1.165, 1.54) is 0 Å². The van der Waals surface area contributed by atoms with Crippen molar-refractivity contribution in [2.45, 2.75) is 0 Å². The number of hydrogen-bond donors (Lipinski definition) is 0. The molecule has 152 valence electrons. The Hall–Kier alpha value is -3.09. The monoisotopic (exact) mass is 386 g/mol. The summed E-state index contributed by atoms with van der Waals surface area (Å²) in [7, 11) is 15.4. The van der Waals surface area contributed by atoms with Gasteiger partial charge in [0.1, 0.15) is 11.4 Å². The first-order valence-corrected chi connectivity index (χ1v) is 8.98. The van der Waals surface area contributed by atoms with Crippen molar-refractivity contribution in [1.82, 2.24) is 0 Å². The third-order valence-electron chi connectivity index (χ3n) is 4.20. The number of anilines is 4. The van der Waals surface area contributed by atoms with Crippen LogP contribution in [-0.4, -0.2) is 62.5 Å². The van der Waals surface area contributed by atoms with Gasteiger partial charge < -0.3 is 29.1 Å². The third kappa shape index (κ3) is 4.60. The van der Waals surface area contributed by atoms with E-state index in [2.05, 4.69) is 0 Å². The molecular weight excluding hydrogens is 356 g/mol. The molecule has 0 aliphatic heterocycles. The van der Waals surface area contributed by atoms with E-state index in [1.807, 2.05) is 100 Å². The first kappa shape index (κ1) is 21.2. The maximum absolute atomic E-state index is 12.6. The minimum atomic E-state index is -0.780. The Kier molecular flexibility index (Phi) is 6.62. The molecule has 0 heterocycles. The SMILES string of the molecule is CN(C)c1cccc(OC(=O)Oc2cccc(N(C)C)c2N(C)C)c1N(C)C. The fraction of sp³-hybridized carbons (Fsp3) is 0.381. The molecule has 7 heteroatoms. The van der Waals surface area contributed by atoms with Gasteiger partial charge in [0, 0.05) is 56.4 Å². The van der Waals surface area contributed by atoms with Crippen LogP contribution in [0.15, 0.2) is 36.4 Å². The van der Waals surface area contributed by atoms with E-state index >= 15 is 0 Å². The molecule has 0 amide bonds. The summed E-state index contributed by atoms with van der Waals surface area (Å²) >= 11 is 0. The Morgan fingerprint density at radius 2 is 0.964 bits per heavy atom. The summed E-state index contributed by atoms with van der Waals surface area (Å²) in [4.78, 5) is 20.4. The van der Waals surface area contributed by atoms with Crippen molar-refractivity contribution in [2.75, 3.05) is 76.0 Å². The van der Waals surface area contributed by atoms with Gasteiger partial charge in [-0.05, 0) is 24.3 Å². The number of benzene rings is 2. The van der Waals surface area contributed by atoms with E-state index in [-0.39, 0.29) is 0 Å². The van der Waals surface area contributed by atoms with E-state index in [0.29, 0.717) is 11.5 Å². The minimum absolute atomic E-state index is 0.441. The second-order valence-corrected chi connectivity index (χ2v) is 7.28. The molecule has 0 aliphatic carbocycles. The van der Waals surface area contributed by atoms with Crippen LogP contribution in [0.5, 0.6) is 11.5 Å². The second-order valence-electron chi connectivity index (χ2n) is 7.28. The quantitative estimate of drug-likeness (QED) is 0.556. The number of para-hydroxylation sites is 2. The van der Waals surface area contributed by atoms with Gasteiger partial charge in [0.25, 0.3) is 0 Å². The molecule has 0 bridgehead atoms. The third-order valence-corrected chi connectivity index (χ3v) is 4.20. The summed E-state index contributed by atoms with van der Waals surface area (Å²) in [5.74, 6) is 0.882. The highest BCUT2D eigenvalue weighted by Gasteiger charge is 2.20. The van der Waals surface area contributed by atoms with E-state index in [9.17, 15) is 4.79 Å². The van der Waals surface area contributed by atoms with Crippen molar-refractivity contribution in [3.8, 4) is 11.5 Å². The van der Waals surface area contributed by atoms with Crippen LogP contribution in [0.2, 0.25) is 0 Å². The molecule has 0 N–H and O–H groups in total. The van der Waals surface area contributed by atoms with Gasteiger partial charge in [0.2, 0.25) is 0 Å². The van der Waals surface area contributed by atoms with Crippen LogP contribution >= 0.6 is 0 Å². The smallest absolute Gasteiger partial charge is 0.392 e. The maximum atomic E-state index is 12.6. The van der Waals surface area contributed by atoms with Crippen molar-refractivity contribution in [3.63, 3.8) is 0 Å². The molecular formula is C21H30N4O3. The average molecular weight is 386 g/mol. The zero-order valence-corrected chi connectivity index (χ0v) is 18.0. The van der Waals surface area contributed by atoms with Gasteiger partial charge in [0.15, 0.2) is 11.5 Å². The predicted molar refractivity (Wildman–Crippen MR) is 117 cm³/mol. The lowest BCUT2D eigenvalue weighted by Crippen LogP contribution is -2.22. The van der Waals surface area contributed by atoms with Gasteiger partial charge in [-0.3, -0.25) is 0 Å². The van der Waals surface area contributed by atoms with Crippen molar-refractivity contribution < 1.29 is 14.3 Å². The normalized spacial score (nSPS) is 10.3. The zero-order chi connectivity index (χ0) is 21.0. The molecule has 0 saturated carbocycles. The molecule has 0 unspecified atom stereocenters. The first-order valence-electron chi connectivity index (χ1n) is 8.98. The highest BCUT2D eigenvalue weighted by molar-refractivity contribution is 5.83. The summed E-state index contributed by atoms with van der Waals surface area (Å²) in [6, 6.07) is 11.2. The maximum Gasteiger partial charge on any atom is 0.519 e. The summed E-state index contributed by atoms with van der Waals surface area (Å²) < 4.78 is 11.2. The number of carbonyl (C=O) groups excluding carboxylic acids is 1. The van der Waals surface area contributed by atoms with Crippen molar-refractivity contribution in [1.29, 1.82) is 0 Å². The van der Waals surface area contributed by atoms with Crippen LogP contribution in [-0.2, 0) is 0 Å². The molecule has 2 aromatic carbocycles. The molecule has 0 radical (unpaired) electrons. The summed E-state index contributed by atoms with van der Waals surface area (Å²) in [5.41, 5.74) is 3.50. The van der Waals surface area contributed by atoms with E-state index in [0.717, 1.165) is 22.7 Å². The average Bonchev–Trinajstić information content (AvgIpc) is 2.60. The number of ether oxygens (including phenoxy) is 2. The number of nitrogens with zero attached hydrogens (tertiary/aromatic N) is 4. The summed E-state index contributed by atoms with van der Waals surface area (Å²) in [5, 5.41) is 0. The van der Waals surface area contributed by atoms with Gasteiger partial charge in [-0.2, -0.15) is 0 Å². The molecule has 0 atom stereocenters. The predicted octanol–water partition coefficient (Wildman–Crippen LogP) is 3.53. The molecule has 0 aliphatic rings. The van der Waals surface area contributed by atoms with Gasteiger partial charge in [-0.15, -0.1) is 0 Å². The minimum Gasteiger partial charge on any atom is -0.392 e. The zero-order valence-electron chi connectivity index (χ0n) is 18.0. The Morgan fingerprint density at radius 1 is 0.607 bits per heavy atom. The van der Waals surface area contributed by atoms with Crippen molar-refractivity contribution in [2.24, 2.45) is 0 Å². The second kappa shape index (κ2) is 8.73. The van der Waals surface area contributed by atoms with Gasteiger partial charge >= 0.3 is 6.16 Å². The standard InChI is InChI=1S/C21H30N4O3/c1-22(2)15-11-9-13-17(19(15)24(5)6)27-21(26)28-18-14-10-12-16(23(3)4)20(18)25(7)8/h9-14H,1-8H3. The topological polar surface area (TPSA) is 48.5 Å². The fourth-order valence-corrected chi connectivity index (χ4v) is 3.01. The first-order chi connectivity index (χ1) is 13.1. The lowest BCUT2D eigenvalue weighted by Gasteiger charge is -2.25. The molecule has 0 aromatic heterocycles. The van der Waals surface area contributed by atoms with Gasteiger partial charge in [0.05, 0.1) is 11.4 Å². The largest absolute Gasteiger partial charge is 0.519 e. The van der Waals surface area contributed by atoms with Crippen LogP contribution in [0.3, 0.4) is 0 Å². The van der Waals surface area contributed by atoms with Gasteiger partial charge in [-0.25, -0.2) is 4.79 Å². The molecule has 0 fully saturated rings. The van der Waals surface area contributed by atoms with E-state index in [4.69, 9.17) is 9.47 Å². The molecule has 7 nitrogen and oxygen atoms in total. The lowest BCUT2D eigenvalue weighted by molar-refractivity contribution is 0.152. The van der Waals surface area contributed by atoms with Crippen molar-refractivity contribution in [3.05, 3.63) is 36.4 Å². The number of rotatable bonds is 6. The van der Waals surface area contributed by atoms with Crippen LogP contribution in [0.25, 0.3) is 0 Å². The van der Waals surface area contributed by atoms with Crippen LogP contribution in [0.4, 0.5) is 27.5 Å². The highest BCUT2D eigenvalue weighted by Crippen LogP contribution is 2.38. The molecule has 2 aromatic rings. The Balaban J connectivity index is 2.34. The highest BCUT2D eigenvalue weighted by atomic mass is 16.7. The molecule has 2 rings (SSSR count). The number of hydrogen-bond acceptors (Lipinski definition) is 7. The van der Waals surface area contributed by atoms with E-state index < -0.39 is 6.16 Å². The van der Waals surface area contributed by atoms with Crippen LogP contribution in [0, 0.1) is 0 Å². The molecule has 0 saturated heterocycles. The Morgan fingerprint density at radius 3 is 1.25 bits per heavy atom. The Labute approximate surface area is 167 Å². The van der Waals surface area contributed by atoms with Crippen LogP contribution < -0.4 is 29.1 Å². The van der Waals surface area contributed by atoms with Crippen LogP contribution in [0.1, 0.15) is 0 Å². The molecule has 28 heavy (non-hydrogen) atoms. The number of carbonyl (C=O) groups is 1.